The van der Waals surface area contributed by atoms with Crippen molar-refractivity contribution in [2.24, 2.45) is 11.8 Å². The van der Waals surface area contributed by atoms with E-state index in [0.29, 0.717) is 19.0 Å². The minimum absolute atomic E-state index is 0.0178. The Hall–Kier alpha value is -2.49. The minimum atomic E-state index is -4.41. The van der Waals surface area contributed by atoms with Gasteiger partial charge in [0.1, 0.15) is 0 Å². The highest BCUT2D eigenvalue weighted by Crippen LogP contribution is 2.29. The van der Waals surface area contributed by atoms with Crippen LogP contribution in [0.4, 0.5) is 13.2 Å². The molecule has 1 aliphatic heterocycles. The van der Waals surface area contributed by atoms with Crippen molar-refractivity contribution >= 4 is 11.8 Å². The molecule has 1 aromatic carbocycles. The second kappa shape index (κ2) is 8.26. The Morgan fingerprint density at radius 3 is 2.77 bits per heavy atom. The molecule has 4 nitrogen and oxygen atoms in total. The Labute approximate surface area is 150 Å². The van der Waals surface area contributed by atoms with Crippen LogP contribution < -0.4 is 5.32 Å². The van der Waals surface area contributed by atoms with Gasteiger partial charge in [-0.1, -0.05) is 31.8 Å². The normalized spacial score (nSPS) is 17.2. The maximum absolute atomic E-state index is 12.6. The van der Waals surface area contributed by atoms with Gasteiger partial charge in [0.05, 0.1) is 18.0 Å². The summed E-state index contributed by atoms with van der Waals surface area (Å²) in [6, 6.07) is 4.71. The van der Waals surface area contributed by atoms with Gasteiger partial charge in [-0.3, -0.25) is 9.59 Å². The maximum Gasteiger partial charge on any atom is 0.416 e. The number of nitrogens with zero attached hydrogens (tertiary/aromatic N) is 1. The highest BCUT2D eigenvalue weighted by Gasteiger charge is 2.34. The monoisotopic (exact) mass is 366 g/mol. The highest BCUT2D eigenvalue weighted by atomic mass is 19.4. The van der Waals surface area contributed by atoms with E-state index in [1.165, 1.54) is 12.1 Å². The first-order chi connectivity index (χ1) is 12.2. The van der Waals surface area contributed by atoms with E-state index in [2.05, 4.69) is 17.2 Å². The van der Waals surface area contributed by atoms with Gasteiger partial charge in [0.15, 0.2) is 0 Å². The van der Waals surface area contributed by atoms with Crippen LogP contribution in [0.1, 0.15) is 31.4 Å². The van der Waals surface area contributed by atoms with Gasteiger partial charge in [0, 0.05) is 25.1 Å². The summed E-state index contributed by atoms with van der Waals surface area (Å²) in [5, 5.41) is 2.62. The molecule has 1 aromatic rings. The van der Waals surface area contributed by atoms with Gasteiger partial charge in [-0.2, -0.15) is 13.2 Å². The molecule has 2 amide bonds. The zero-order chi connectivity index (χ0) is 19.3. The van der Waals surface area contributed by atoms with E-state index in [1.807, 2.05) is 13.8 Å². The van der Waals surface area contributed by atoms with Crippen LogP contribution in [-0.4, -0.2) is 36.3 Å². The third-order valence-corrected chi connectivity index (χ3v) is 3.94. The number of hydrogen-bond acceptors (Lipinski definition) is 2. The lowest BCUT2D eigenvalue weighted by Gasteiger charge is -2.18. The largest absolute Gasteiger partial charge is 0.416 e. The molecule has 0 bridgehead atoms. The van der Waals surface area contributed by atoms with Gasteiger partial charge in [0.25, 0.3) is 0 Å². The van der Waals surface area contributed by atoms with Crippen LogP contribution in [-0.2, 0) is 15.8 Å². The molecule has 0 saturated carbocycles. The molecule has 0 aliphatic carbocycles. The molecule has 1 fully saturated rings. The third-order valence-electron chi connectivity index (χ3n) is 3.94. The van der Waals surface area contributed by atoms with Crippen molar-refractivity contribution in [1.29, 1.82) is 0 Å². The molecule has 1 heterocycles. The number of rotatable bonds is 4. The number of carbonyl (C=O) groups is 2. The van der Waals surface area contributed by atoms with Crippen LogP contribution in [0.5, 0.6) is 0 Å². The zero-order valence-electron chi connectivity index (χ0n) is 14.7. The Bertz CT molecular complexity index is 732. The summed E-state index contributed by atoms with van der Waals surface area (Å²) in [6.45, 7) is 5.04. The van der Waals surface area contributed by atoms with Crippen LogP contribution in [0.3, 0.4) is 0 Å². The van der Waals surface area contributed by atoms with Gasteiger partial charge in [-0.25, -0.2) is 0 Å². The molecular formula is C19H21F3N2O2. The molecule has 0 radical (unpaired) electrons. The number of amides is 2. The van der Waals surface area contributed by atoms with Gasteiger partial charge in [-0.15, -0.1) is 0 Å². The van der Waals surface area contributed by atoms with Gasteiger partial charge >= 0.3 is 6.18 Å². The molecule has 1 unspecified atom stereocenters. The molecule has 140 valence electrons. The summed E-state index contributed by atoms with van der Waals surface area (Å²) in [5.74, 6) is 4.88. The van der Waals surface area contributed by atoms with Crippen molar-refractivity contribution < 1.29 is 22.8 Å². The number of nitrogens with one attached hydrogen (secondary N) is 1. The van der Waals surface area contributed by atoms with Crippen molar-refractivity contribution in [2.75, 3.05) is 19.6 Å². The van der Waals surface area contributed by atoms with Crippen molar-refractivity contribution in [3.05, 3.63) is 35.4 Å². The lowest BCUT2D eigenvalue weighted by Crippen LogP contribution is -2.34. The van der Waals surface area contributed by atoms with Crippen LogP contribution in [0.15, 0.2) is 24.3 Å². The first-order valence-electron chi connectivity index (χ1n) is 8.38. The Morgan fingerprint density at radius 1 is 1.38 bits per heavy atom. The van der Waals surface area contributed by atoms with Gasteiger partial charge < -0.3 is 10.2 Å². The first-order valence-corrected chi connectivity index (χ1v) is 8.38. The van der Waals surface area contributed by atoms with Crippen molar-refractivity contribution in [3.63, 3.8) is 0 Å². The summed E-state index contributed by atoms with van der Waals surface area (Å²) in [7, 11) is 0. The average Bonchev–Trinajstić information content (AvgIpc) is 2.91. The molecule has 1 aliphatic rings. The summed E-state index contributed by atoms with van der Waals surface area (Å²) >= 11 is 0. The summed E-state index contributed by atoms with van der Waals surface area (Å²) in [4.78, 5) is 25.7. The maximum atomic E-state index is 12.6. The second-order valence-corrected chi connectivity index (χ2v) is 6.69. The molecule has 2 rings (SSSR count). The third kappa shape index (κ3) is 5.51. The molecule has 7 heteroatoms. The summed E-state index contributed by atoms with van der Waals surface area (Å²) in [5.41, 5.74) is -0.531. The highest BCUT2D eigenvalue weighted by molar-refractivity contribution is 5.89. The first kappa shape index (κ1) is 19.8. The standard InChI is InChI=1S/C19H21F3N2O2/c1-13(2)11-24-12-15(10-17(24)25)18(26)23-8-4-6-14-5-3-7-16(9-14)19(20,21)22/h3,5,7,9,13,15H,8,10-12H2,1-2H3,(H,23,26). The fourth-order valence-electron chi connectivity index (χ4n) is 2.76. The fourth-order valence-corrected chi connectivity index (χ4v) is 2.76. The Balaban J connectivity index is 1.86. The summed E-state index contributed by atoms with van der Waals surface area (Å²) < 4.78 is 37.9. The van der Waals surface area contributed by atoms with E-state index >= 15 is 0 Å². The van der Waals surface area contributed by atoms with Crippen molar-refractivity contribution in [3.8, 4) is 11.8 Å². The number of benzene rings is 1. The molecule has 0 spiro atoms. The van der Waals surface area contributed by atoms with E-state index in [4.69, 9.17) is 0 Å². The number of halogens is 3. The van der Waals surface area contributed by atoms with Crippen molar-refractivity contribution in [1.82, 2.24) is 10.2 Å². The van der Waals surface area contributed by atoms with E-state index in [-0.39, 0.29) is 30.3 Å². The molecule has 1 N–H and O–H groups in total. The number of carbonyl (C=O) groups excluding carboxylic acids is 2. The topological polar surface area (TPSA) is 49.4 Å². The fraction of sp³-hybridized carbons (Fsp3) is 0.474. The van der Waals surface area contributed by atoms with E-state index in [1.54, 1.807) is 4.90 Å². The minimum Gasteiger partial charge on any atom is -0.345 e. The van der Waals surface area contributed by atoms with Crippen molar-refractivity contribution in [2.45, 2.75) is 26.4 Å². The van der Waals surface area contributed by atoms with E-state index in [0.717, 1.165) is 12.1 Å². The predicted molar refractivity (Wildman–Crippen MR) is 90.9 cm³/mol. The molecule has 1 atom stereocenters. The smallest absolute Gasteiger partial charge is 0.345 e. The lowest BCUT2D eigenvalue weighted by molar-refractivity contribution is -0.137. The van der Waals surface area contributed by atoms with Crippen LogP contribution in [0.2, 0.25) is 0 Å². The molecule has 0 aromatic heterocycles. The Morgan fingerprint density at radius 2 is 2.12 bits per heavy atom. The average molecular weight is 366 g/mol. The van der Waals surface area contributed by atoms with Gasteiger partial charge in [0.2, 0.25) is 11.8 Å². The molecule has 1 saturated heterocycles. The number of likely N-dealkylation sites (tertiary alicyclic amines) is 1. The Kier molecular flexibility index (Phi) is 6.30. The van der Waals surface area contributed by atoms with Crippen LogP contribution in [0.25, 0.3) is 0 Å². The molecular weight excluding hydrogens is 345 g/mol. The second-order valence-electron chi connectivity index (χ2n) is 6.69. The van der Waals surface area contributed by atoms with E-state index in [9.17, 15) is 22.8 Å². The SMILES string of the molecule is CC(C)CN1CC(C(=O)NCC#Cc2cccc(C(F)(F)F)c2)CC1=O. The van der Waals surface area contributed by atoms with Crippen LogP contribution >= 0.6 is 0 Å². The zero-order valence-corrected chi connectivity index (χ0v) is 14.7. The summed E-state index contributed by atoms with van der Waals surface area (Å²) in [6.07, 6.45) is -4.23. The quantitative estimate of drug-likeness (QED) is 0.833. The number of hydrogen-bond donors (Lipinski definition) is 1. The lowest BCUT2D eigenvalue weighted by atomic mass is 10.1. The number of alkyl halides is 3. The molecule has 26 heavy (non-hydrogen) atoms. The van der Waals surface area contributed by atoms with E-state index < -0.39 is 17.7 Å². The van der Waals surface area contributed by atoms with Crippen LogP contribution in [0, 0.1) is 23.7 Å². The van der Waals surface area contributed by atoms with Gasteiger partial charge in [-0.05, 0) is 24.1 Å². The predicted octanol–water partition coefficient (Wildman–Crippen LogP) is 2.68.